The van der Waals surface area contributed by atoms with E-state index >= 15 is 0 Å². The number of allylic oxidation sites excluding steroid dienone is 4. The molecule has 0 aliphatic rings. The fourth-order valence-corrected chi connectivity index (χ4v) is 0.762. The highest BCUT2D eigenvalue weighted by molar-refractivity contribution is 7.35. The highest BCUT2D eigenvalue weighted by Gasteiger charge is 2.24. The summed E-state index contributed by atoms with van der Waals surface area (Å²) < 4.78 is 34.9. The van der Waals surface area contributed by atoms with E-state index in [1.54, 1.807) is 0 Å². The Labute approximate surface area is 92.4 Å². The van der Waals surface area contributed by atoms with Crippen molar-refractivity contribution in [1.29, 1.82) is 0 Å². The van der Waals surface area contributed by atoms with E-state index in [4.69, 9.17) is 0 Å². The van der Waals surface area contributed by atoms with Crippen molar-refractivity contribution in [1.82, 2.24) is 0 Å². The minimum atomic E-state index is -4.08. The fourth-order valence-electron chi connectivity index (χ4n) is 0.762. The van der Waals surface area contributed by atoms with Crippen molar-refractivity contribution in [2.75, 3.05) is 13.3 Å². The number of rotatable bonds is 3. The molecule has 0 nitrogen and oxygen atoms in total. The monoisotopic (exact) mass is 240 g/mol. The van der Waals surface area contributed by atoms with Gasteiger partial charge in [-0.3, -0.25) is 0 Å². The van der Waals surface area contributed by atoms with Crippen molar-refractivity contribution in [3.8, 4) is 0 Å². The van der Waals surface area contributed by atoms with Gasteiger partial charge in [0, 0.05) is 0 Å². The van der Waals surface area contributed by atoms with Gasteiger partial charge >= 0.3 is 6.18 Å². The third kappa shape index (κ3) is 16.4. The Morgan fingerprint density at radius 2 is 1.73 bits per heavy atom. The summed E-state index contributed by atoms with van der Waals surface area (Å²) in [5.74, 6) is 0. The summed E-state index contributed by atoms with van der Waals surface area (Å²) in [5, 5.41) is 0. The molecule has 0 aliphatic heterocycles. The standard InChI is InChI=1S/C9H13F3.C2H7P/c1-3-8(4-2)6-5-7-9(10,11)12;1-3-2/h3,5-6H,4,7H2,1-2H3;3H,1-2H3/b6-5-,8-3-;. The summed E-state index contributed by atoms with van der Waals surface area (Å²) in [6, 6.07) is 0. The summed E-state index contributed by atoms with van der Waals surface area (Å²) in [4.78, 5) is 0. The van der Waals surface area contributed by atoms with Gasteiger partial charge in [-0.25, -0.2) is 0 Å². The molecular weight excluding hydrogens is 220 g/mol. The summed E-state index contributed by atoms with van der Waals surface area (Å²) >= 11 is 0. The molecule has 0 heterocycles. The molecule has 0 atom stereocenters. The van der Waals surface area contributed by atoms with Crippen molar-refractivity contribution >= 4 is 8.58 Å². The molecule has 0 aliphatic carbocycles. The highest BCUT2D eigenvalue weighted by Crippen LogP contribution is 2.20. The molecule has 90 valence electrons. The van der Waals surface area contributed by atoms with Crippen LogP contribution in [0.1, 0.15) is 26.7 Å². The minimum absolute atomic E-state index is 0.769. The van der Waals surface area contributed by atoms with Gasteiger partial charge in [0.05, 0.1) is 6.42 Å². The summed E-state index contributed by atoms with van der Waals surface area (Å²) in [5.41, 5.74) is 0.930. The van der Waals surface area contributed by atoms with Gasteiger partial charge < -0.3 is 0 Å². The first kappa shape index (κ1) is 17.1. The topological polar surface area (TPSA) is 0 Å². The van der Waals surface area contributed by atoms with Crippen LogP contribution in [0.2, 0.25) is 0 Å². The number of halogens is 3. The average molecular weight is 240 g/mol. The zero-order chi connectivity index (χ0) is 12.3. The molecule has 0 saturated heterocycles. The molecule has 0 aromatic heterocycles. The van der Waals surface area contributed by atoms with Crippen LogP contribution in [0.5, 0.6) is 0 Å². The van der Waals surface area contributed by atoms with Crippen LogP contribution >= 0.6 is 8.58 Å². The molecule has 0 radical (unpaired) electrons. The predicted octanol–water partition coefficient (Wildman–Crippen LogP) is 4.78. The van der Waals surface area contributed by atoms with Gasteiger partial charge in [0.15, 0.2) is 0 Å². The van der Waals surface area contributed by atoms with Gasteiger partial charge in [-0.15, -0.1) is 8.58 Å². The molecule has 0 fully saturated rings. The molecule has 0 aromatic rings. The second-order valence-electron chi connectivity index (χ2n) is 2.94. The van der Waals surface area contributed by atoms with Gasteiger partial charge in [-0.1, -0.05) is 30.7 Å². The minimum Gasteiger partial charge on any atom is -0.171 e. The van der Waals surface area contributed by atoms with Crippen LogP contribution in [-0.4, -0.2) is 19.5 Å². The second kappa shape index (κ2) is 10.2. The van der Waals surface area contributed by atoms with E-state index in [1.807, 2.05) is 19.9 Å². The lowest BCUT2D eigenvalue weighted by molar-refractivity contribution is -0.125. The van der Waals surface area contributed by atoms with Crippen molar-refractivity contribution in [2.45, 2.75) is 32.9 Å². The first-order valence-electron chi connectivity index (χ1n) is 4.88. The summed E-state index contributed by atoms with van der Waals surface area (Å²) in [6.45, 7) is 8.03. The van der Waals surface area contributed by atoms with Crippen LogP contribution in [-0.2, 0) is 0 Å². The van der Waals surface area contributed by atoms with Crippen LogP contribution in [0.25, 0.3) is 0 Å². The molecular formula is C11H20F3P. The molecule has 15 heavy (non-hydrogen) atoms. The summed E-state index contributed by atoms with van der Waals surface area (Å²) in [7, 11) is 1.08. The molecule has 4 heteroatoms. The Kier molecular flexibility index (Phi) is 11.7. The zero-order valence-electron chi connectivity index (χ0n) is 9.78. The Balaban J connectivity index is 0. The first-order chi connectivity index (χ1) is 6.91. The second-order valence-corrected chi connectivity index (χ2v) is 3.94. The Bertz CT molecular complexity index is 192. The SMILES string of the molecule is C/C=C(\C=C/CC(F)(F)F)CC.CPC. The quantitative estimate of drug-likeness (QED) is 0.492. The number of hydrogen-bond donors (Lipinski definition) is 0. The number of alkyl halides is 3. The van der Waals surface area contributed by atoms with Crippen LogP contribution in [0.15, 0.2) is 23.8 Å². The maximum absolute atomic E-state index is 11.6. The van der Waals surface area contributed by atoms with E-state index in [2.05, 4.69) is 13.3 Å². The summed E-state index contributed by atoms with van der Waals surface area (Å²) in [6.07, 6.45) is 0.331. The smallest absolute Gasteiger partial charge is 0.171 e. The van der Waals surface area contributed by atoms with Gasteiger partial charge in [0.25, 0.3) is 0 Å². The Hall–Kier alpha value is -0.300. The highest BCUT2D eigenvalue weighted by atomic mass is 31.1. The molecule has 0 amide bonds. The van der Waals surface area contributed by atoms with Crippen LogP contribution in [0, 0.1) is 0 Å². The van der Waals surface area contributed by atoms with Gasteiger partial charge in [-0.2, -0.15) is 13.2 Å². The molecule has 0 saturated carbocycles. The molecule has 0 bridgehead atoms. The van der Waals surface area contributed by atoms with Crippen molar-refractivity contribution < 1.29 is 13.2 Å². The maximum Gasteiger partial charge on any atom is 0.392 e. The van der Waals surface area contributed by atoms with Crippen molar-refractivity contribution in [3.05, 3.63) is 23.8 Å². The maximum atomic E-state index is 11.6. The van der Waals surface area contributed by atoms with Crippen LogP contribution in [0.3, 0.4) is 0 Å². The first-order valence-corrected chi connectivity index (χ1v) is 6.88. The molecule has 0 N–H and O–H groups in total. The Morgan fingerprint density at radius 3 is 2.00 bits per heavy atom. The van der Waals surface area contributed by atoms with E-state index in [-0.39, 0.29) is 0 Å². The van der Waals surface area contributed by atoms with Gasteiger partial charge in [0.1, 0.15) is 0 Å². The van der Waals surface area contributed by atoms with E-state index < -0.39 is 12.6 Å². The van der Waals surface area contributed by atoms with E-state index in [0.29, 0.717) is 0 Å². The third-order valence-corrected chi connectivity index (χ3v) is 1.46. The Morgan fingerprint density at radius 1 is 1.27 bits per heavy atom. The lowest BCUT2D eigenvalue weighted by atomic mass is 10.2. The average Bonchev–Trinajstić information content (AvgIpc) is 2.12. The zero-order valence-corrected chi connectivity index (χ0v) is 10.8. The van der Waals surface area contributed by atoms with E-state index in [9.17, 15) is 13.2 Å². The predicted molar refractivity (Wildman–Crippen MR) is 64.0 cm³/mol. The van der Waals surface area contributed by atoms with Crippen molar-refractivity contribution in [3.63, 3.8) is 0 Å². The fraction of sp³-hybridized carbons (Fsp3) is 0.636. The molecule has 0 unspecified atom stereocenters. The lowest BCUT2D eigenvalue weighted by Gasteiger charge is -2.00. The molecule has 0 spiro atoms. The van der Waals surface area contributed by atoms with Gasteiger partial charge in [-0.05, 0) is 26.7 Å². The van der Waals surface area contributed by atoms with Gasteiger partial charge in [0.2, 0.25) is 0 Å². The van der Waals surface area contributed by atoms with Crippen LogP contribution < -0.4 is 0 Å². The molecule has 0 aromatic carbocycles. The van der Waals surface area contributed by atoms with Crippen molar-refractivity contribution in [2.24, 2.45) is 0 Å². The molecule has 0 rings (SSSR count). The lowest BCUT2D eigenvalue weighted by Crippen LogP contribution is -2.04. The normalized spacial score (nSPS) is 12.6. The largest absolute Gasteiger partial charge is 0.392 e. The van der Waals surface area contributed by atoms with Crippen LogP contribution in [0.4, 0.5) is 13.2 Å². The van der Waals surface area contributed by atoms with E-state index in [0.717, 1.165) is 26.7 Å². The van der Waals surface area contributed by atoms with E-state index in [1.165, 1.54) is 6.08 Å². The third-order valence-electron chi connectivity index (χ3n) is 1.46. The number of hydrogen-bond acceptors (Lipinski definition) is 0.